The van der Waals surface area contributed by atoms with E-state index in [9.17, 15) is 23.2 Å². The fourth-order valence-electron chi connectivity index (χ4n) is 3.33. The van der Waals surface area contributed by atoms with Crippen molar-refractivity contribution in [3.63, 3.8) is 0 Å². The molecule has 1 aromatic heterocycles. The van der Waals surface area contributed by atoms with Crippen LogP contribution in [0.1, 0.15) is 31.4 Å². The van der Waals surface area contributed by atoms with Crippen molar-refractivity contribution in [3.8, 4) is 17.3 Å². The van der Waals surface area contributed by atoms with Gasteiger partial charge in [-0.3, -0.25) is 5.32 Å². The maximum absolute atomic E-state index is 13.2. The molecule has 156 valence electrons. The highest BCUT2D eigenvalue weighted by Crippen LogP contribution is 2.37. The summed E-state index contributed by atoms with van der Waals surface area (Å²) in [5.41, 5.74) is 1.60. The van der Waals surface area contributed by atoms with Gasteiger partial charge in [0.1, 0.15) is 6.07 Å². The Kier molecular flexibility index (Phi) is 6.01. The Hall–Kier alpha value is -3.47. The molecule has 0 fully saturated rings. The molecule has 1 N–H and O–H groups in total. The molecule has 0 aliphatic rings. The third kappa shape index (κ3) is 4.10. The number of benzene rings is 2. The first-order valence-electron chi connectivity index (χ1n) is 9.47. The summed E-state index contributed by atoms with van der Waals surface area (Å²) in [7, 11) is 0. The zero-order valence-electron chi connectivity index (χ0n) is 16.5. The van der Waals surface area contributed by atoms with Crippen LogP contribution < -0.4 is 5.32 Å². The number of nitrogens with one attached hydrogen (secondary N) is 1. The second-order valence-corrected chi connectivity index (χ2v) is 6.65. The largest absolute Gasteiger partial charge is 0.449 e. The van der Waals surface area contributed by atoms with Crippen LogP contribution in [0.2, 0.25) is 0 Å². The number of carbonyl (C=O) groups is 1. The van der Waals surface area contributed by atoms with Crippen LogP contribution >= 0.6 is 0 Å². The van der Waals surface area contributed by atoms with E-state index < -0.39 is 17.8 Å². The Morgan fingerprint density at radius 2 is 1.87 bits per heavy atom. The molecular weight excluding hydrogens is 395 g/mol. The Morgan fingerprint density at radius 1 is 1.17 bits per heavy atom. The summed E-state index contributed by atoms with van der Waals surface area (Å²) in [4.78, 5) is 11.7. The molecular formula is C22H20F3N3O2. The van der Waals surface area contributed by atoms with Gasteiger partial charge in [0.25, 0.3) is 0 Å². The quantitative estimate of drug-likeness (QED) is 0.541. The number of nitrogens with zero attached hydrogens (tertiary/aromatic N) is 2. The van der Waals surface area contributed by atoms with Crippen LogP contribution in [-0.2, 0) is 17.5 Å². The van der Waals surface area contributed by atoms with Crippen LogP contribution in [0.3, 0.4) is 0 Å². The second-order valence-electron chi connectivity index (χ2n) is 6.65. The van der Waals surface area contributed by atoms with Gasteiger partial charge >= 0.3 is 12.3 Å². The highest BCUT2D eigenvalue weighted by molar-refractivity contribution is 5.95. The minimum atomic E-state index is -4.47. The van der Waals surface area contributed by atoms with Crippen molar-refractivity contribution in [2.24, 2.45) is 0 Å². The average molecular weight is 415 g/mol. The van der Waals surface area contributed by atoms with Crippen molar-refractivity contribution in [3.05, 3.63) is 53.6 Å². The van der Waals surface area contributed by atoms with Crippen molar-refractivity contribution < 1.29 is 22.7 Å². The SMILES string of the molecule is CCCOC(=O)Nc1ccc(-c2c(C#N)c3ccc(C(F)(F)F)cc3n2CC)cc1. The summed E-state index contributed by atoms with van der Waals surface area (Å²) in [6.45, 7) is 4.40. The Bertz CT molecular complexity index is 1110. The third-order valence-corrected chi connectivity index (χ3v) is 4.66. The lowest BCUT2D eigenvalue weighted by Gasteiger charge is -2.11. The first kappa shape index (κ1) is 21.2. The summed E-state index contributed by atoms with van der Waals surface area (Å²) in [5, 5.41) is 12.8. The standard InChI is InChI=1S/C22H20F3N3O2/c1-3-11-30-21(29)27-16-8-5-14(6-9-16)20-18(13-26)17-10-7-15(22(23,24)25)12-19(17)28(20)4-2/h5-10,12H,3-4,11H2,1-2H3,(H,27,29). The van der Waals surface area contributed by atoms with Gasteiger partial charge in [-0.1, -0.05) is 25.1 Å². The molecule has 8 heteroatoms. The molecule has 3 aromatic rings. The minimum absolute atomic E-state index is 0.309. The fourth-order valence-corrected chi connectivity index (χ4v) is 3.33. The van der Waals surface area contributed by atoms with Gasteiger partial charge in [0.15, 0.2) is 0 Å². The van der Waals surface area contributed by atoms with E-state index in [2.05, 4.69) is 11.4 Å². The summed E-state index contributed by atoms with van der Waals surface area (Å²) in [6, 6.07) is 12.3. The normalized spacial score (nSPS) is 11.3. The summed E-state index contributed by atoms with van der Waals surface area (Å²) in [5.74, 6) is 0. The molecule has 0 aliphatic carbocycles. The lowest BCUT2D eigenvalue weighted by Crippen LogP contribution is -2.13. The number of carbonyl (C=O) groups excluding carboxylic acids is 1. The first-order valence-corrected chi connectivity index (χ1v) is 9.47. The predicted octanol–water partition coefficient (Wildman–Crippen LogP) is 6.18. The number of hydrogen-bond donors (Lipinski definition) is 1. The number of aromatic nitrogens is 1. The Labute approximate surface area is 171 Å². The maximum Gasteiger partial charge on any atom is 0.416 e. The second kappa shape index (κ2) is 8.49. The number of aryl methyl sites for hydroxylation is 1. The van der Waals surface area contributed by atoms with Gasteiger partial charge in [-0.15, -0.1) is 0 Å². The molecule has 2 aromatic carbocycles. The van der Waals surface area contributed by atoms with Crippen molar-refractivity contribution in [2.75, 3.05) is 11.9 Å². The fraction of sp³-hybridized carbons (Fsp3) is 0.273. The topological polar surface area (TPSA) is 67.0 Å². The monoisotopic (exact) mass is 415 g/mol. The molecule has 0 saturated heterocycles. The molecule has 0 saturated carbocycles. The molecule has 0 unspecified atom stereocenters. The number of halogens is 3. The van der Waals surface area contributed by atoms with Gasteiger partial charge in [0, 0.05) is 17.6 Å². The van der Waals surface area contributed by atoms with E-state index in [1.165, 1.54) is 6.07 Å². The van der Waals surface area contributed by atoms with Crippen LogP contribution in [0.5, 0.6) is 0 Å². The van der Waals surface area contributed by atoms with E-state index in [-0.39, 0.29) is 0 Å². The molecule has 0 radical (unpaired) electrons. The van der Waals surface area contributed by atoms with E-state index >= 15 is 0 Å². The van der Waals surface area contributed by atoms with Gasteiger partial charge in [-0.25, -0.2) is 4.79 Å². The third-order valence-electron chi connectivity index (χ3n) is 4.66. The van der Waals surface area contributed by atoms with Crippen LogP contribution in [-0.4, -0.2) is 17.3 Å². The molecule has 1 heterocycles. The summed E-state index contributed by atoms with van der Waals surface area (Å²) >= 11 is 0. The van der Waals surface area contributed by atoms with Gasteiger partial charge in [0.05, 0.1) is 28.9 Å². The van der Waals surface area contributed by atoms with Gasteiger partial charge in [-0.05, 0) is 43.2 Å². The van der Waals surface area contributed by atoms with E-state index in [4.69, 9.17) is 4.74 Å². The van der Waals surface area contributed by atoms with Crippen molar-refractivity contribution in [1.82, 2.24) is 4.57 Å². The number of fused-ring (bicyclic) bond motifs is 1. The van der Waals surface area contributed by atoms with E-state index in [0.29, 0.717) is 53.0 Å². The van der Waals surface area contributed by atoms with Crippen molar-refractivity contribution >= 4 is 22.7 Å². The van der Waals surface area contributed by atoms with Gasteiger partial charge in [-0.2, -0.15) is 18.4 Å². The number of ether oxygens (including phenoxy) is 1. The van der Waals surface area contributed by atoms with Crippen LogP contribution in [0.15, 0.2) is 42.5 Å². The zero-order valence-corrected chi connectivity index (χ0v) is 16.5. The lowest BCUT2D eigenvalue weighted by atomic mass is 10.0. The van der Waals surface area contributed by atoms with Gasteiger partial charge in [0.2, 0.25) is 0 Å². The number of hydrogen-bond acceptors (Lipinski definition) is 3. The number of rotatable bonds is 5. The zero-order chi connectivity index (χ0) is 21.9. The Morgan fingerprint density at radius 3 is 2.43 bits per heavy atom. The van der Waals surface area contributed by atoms with E-state index in [1.807, 2.05) is 13.8 Å². The number of anilines is 1. The molecule has 0 spiro atoms. The van der Waals surface area contributed by atoms with Crippen molar-refractivity contribution in [1.29, 1.82) is 5.26 Å². The molecule has 0 aliphatic heterocycles. The molecule has 3 rings (SSSR count). The summed E-state index contributed by atoms with van der Waals surface area (Å²) < 4.78 is 46.2. The predicted molar refractivity (Wildman–Crippen MR) is 108 cm³/mol. The van der Waals surface area contributed by atoms with E-state index in [0.717, 1.165) is 12.1 Å². The lowest BCUT2D eigenvalue weighted by molar-refractivity contribution is -0.137. The maximum atomic E-state index is 13.2. The van der Waals surface area contributed by atoms with Crippen molar-refractivity contribution in [2.45, 2.75) is 33.0 Å². The number of amides is 1. The highest BCUT2D eigenvalue weighted by atomic mass is 19.4. The van der Waals surface area contributed by atoms with Crippen LogP contribution in [0, 0.1) is 11.3 Å². The first-order chi connectivity index (χ1) is 14.3. The molecule has 1 amide bonds. The smallest absolute Gasteiger partial charge is 0.416 e. The highest BCUT2D eigenvalue weighted by Gasteiger charge is 2.31. The van der Waals surface area contributed by atoms with Crippen LogP contribution in [0.25, 0.3) is 22.2 Å². The number of nitriles is 1. The molecule has 30 heavy (non-hydrogen) atoms. The van der Waals surface area contributed by atoms with Gasteiger partial charge < -0.3 is 9.30 Å². The average Bonchev–Trinajstić information content (AvgIpc) is 3.04. The van der Waals surface area contributed by atoms with Crippen LogP contribution in [0.4, 0.5) is 23.7 Å². The Balaban J connectivity index is 2.05. The molecule has 0 bridgehead atoms. The molecule has 5 nitrogen and oxygen atoms in total. The summed E-state index contributed by atoms with van der Waals surface area (Å²) in [6.07, 6.45) is -4.32. The molecule has 0 atom stereocenters. The minimum Gasteiger partial charge on any atom is -0.449 e. The van der Waals surface area contributed by atoms with E-state index in [1.54, 1.807) is 28.8 Å². The number of alkyl halides is 3.